The van der Waals surface area contributed by atoms with E-state index in [-0.39, 0.29) is 11.9 Å². The fourth-order valence-electron chi connectivity index (χ4n) is 4.01. The molecule has 1 amide bonds. The van der Waals surface area contributed by atoms with Crippen molar-refractivity contribution in [1.29, 1.82) is 0 Å². The molecule has 118 valence electrons. The average molecular weight is 299 g/mol. The zero-order chi connectivity index (χ0) is 15.1. The van der Waals surface area contributed by atoms with Gasteiger partial charge in [0.15, 0.2) is 0 Å². The minimum absolute atomic E-state index is 0.0564. The second-order valence-electron chi connectivity index (χ2n) is 7.06. The Balaban J connectivity index is 1.33. The van der Waals surface area contributed by atoms with Gasteiger partial charge in [0.05, 0.1) is 0 Å². The van der Waals surface area contributed by atoms with E-state index in [0.717, 1.165) is 25.2 Å². The number of carbonyl (C=O) groups is 1. The lowest BCUT2D eigenvalue weighted by atomic mass is 10.0. The van der Waals surface area contributed by atoms with Crippen LogP contribution in [0.25, 0.3) is 0 Å². The van der Waals surface area contributed by atoms with Gasteiger partial charge in [0.1, 0.15) is 6.04 Å². The number of anilines is 1. The Kier molecular flexibility index (Phi) is 3.57. The van der Waals surface area contributed by atoms with E-state index in [2.05, 4.69) is 35.3 Å². The Morgan fingerprint density at radius 2 is 1.95 bits per heavy atom. The van der Waals surface area contributed by atoms with Gasteiger partial charge < -0.3 is 10.2 Å². The molecule has 1 atom stereocenters. The van der Waals surface area contributed by atoms with Crippen molar-refractivity contribution in [2.45, 2.75) is 44.7 Å². The summed E-state index contributed by atoms with van der Waals surface area (Å²) in [5.74, 6) is 0.280. The highest BCUT2D eigenvalue weighted by atomic mass is 16.2. The lowest BCUT2D eigenvalue weighted by Crippen LogP contribution is -2.63. The Bertz CT molecular complexity index is 574. The minimum atomic E-state index is -0.0564. The number of benzene rings is 1. The Morgan fingerprint density at radius 1 is 1.18 bits per heavy atom. The van der Waals surface area contributed by atoms with Crippen LogP contribution in [0.4, 0.5) is 5.69 Å². The predicted molar refractivity (Wildman–Crippen MR) is 88.1 cm³/mol. The standard InChI is InChI=1S/C18H25N3O/c1-13-5-6-16-14(9-13)10-17(19-16)18(22)21-11-15(12-21)20-7-3-2-4-8-20/h5-6,9,15,17,19H,2-4,7-8,10-12H2,1H3/t17-/m1/s1. The molecule has 0 bridgehead atoms. The summed E-state index contributed by atoms with van der Waals surface area (Å²) < 4.78 is 0. The van der Waals surface area contributed by atoms with Crippen LogP contribution >= 0.6 is 0 Å². The fourth-order valence-corrected chi connectivity index (χ4v) is 4.01. The van der Waals surface area contributed by atoms with Crippen LogP contribution in [0.1, 0.15) is 30.4 Å². The maximum atomic E-state index is 12.7. The Hall–Kier alpha value is -1.55. The number of hydrogen-bond acceptors (Lipinski definition) is 3. The summed E-state index contributed by atoms with van der Waals surface area (Å²) in [6.45, 7) is 6.39. The first-order chi connectivity index (χ1) is 10.7. The van der Waals surface area contributed by atoms with Gasteiger partial charge in [0, 0.05) is 31.2 Å². The molecule has 1 aromatic carbocycles. The third-order valence-electron chi connectivity index (χ3n) is 5.39. The van der Waals surface area contributed by atoms with Gasteiger partial charge in [0.2, 0.25) is 5.91 Å². The first kappa shape index (κ1) is 14.1. The van der Waals surface area contributed by atoms with Crippen LogP contribution in [0.5, 0.6) is 0 Å². The highest BCUT2D eigenvalue weighted by molar-refractivity contribution is 5.88. The lowest BCUT2D eigenvalue weighted by molar-refractivity contribution is -0.139. The molecule has 3 aliphatic heterocycles. The molecule has 3 aliphatic rings. The van der Waals surface area contributed by atoms with E-state index < -0.39 is 0 Å². The molecular weight excluding hydrogens is 274 g/mol. The van der Waals surface area contributed by atoms with Crippen LogP contribution in [0.15, 0.2) is 18.2 Å². The van der Waals surface area contributed by atoms with Crippen molar-refractivity contribution in [3.63, 3.8) is 0 Å². The van der Waals surface area contributed by atoms with Gasteiger partial charge >= 0.3 is 0 Å². The highest BCUT2D eigenvalue weighted by Crippen LogP contribution is 2.29. The van der Waals surface area contributed by atoms with Crippen LogP contribution in [-0.2, 0) is 11.2 Å². The van der Waals surface area contributed by atoms with Crippen LogP contribution in [0, 0.1) is 6.92 Å². The largest absolute Gasteiger partial charge is 0.373 e. The minimum Gasteiger partial charge on any atom is -0.373 e. The number of aryl methyl sites for hydroxylation is 1. The summed E-state index contributed by atoms with van der Waals surface area (Å²) in [7, 11) is 0. The maximum absolute atomic E-state index is 12.7. The first-order valence-corrected chi connectivity index (χ1v) is 8.59. The Morgan fingerprint density at radius 3 is 2.73 bits per heavy atom. The van der Waals surface area contributed by atoms with E-state index in [1.807, 2.05) is 4.90 Å². The molecule has 0 aromatic heterocycles. The molecule has 1 aromatic rings. The van der Waals surface area contributed by atoms with Crippen molar-refractivity contribution >= 4 is 11.6 Å². The van der Waals surface area contributed by atoms with Crippen molar-refractivity contribution in [3.8, 4) is 0 Å². The van der Waals surface area contributed by atoms with E-state index in [1.54, 1.807) is 0 Å². The topological polar surface area (TPSA) is 35.6 Å². The van der Waals surface area contributed by atoms with Gasteiger partial charge in [0.25, 0.3) is 0 Å². The number of likely N-dealkylation sites (tertiary alicyclic amines) is 2. The second kappa shape index (κ2) is 5.58. The lowest BCUT2D eigenvalue weighted by Gasteiger charge is -2.47. The molecule has 0 spiro atoms. The van der Waals surface area contributed by atoms with Crippen molar-refractivity contribution in [2.75, 3.05) is 31.5 Å². The first-order valence-electron chi connectivity index (χ1n) is 8.59. The molecule has 0 aliphatic carbocycles. The highest BCUT2D eigenvalue weighted by Gasteiger charge is 2.39. The molecule has 0 unspecified atom stereocenters. The summed E-state index contributed by atoms with van der Waals surface area (Å²) in [4.78, 5) is 17.3. The zero-order valence-electron chi connectivity index (χ0n) is 13.3. The molecule has 0 saturated carbocycles. The van der Waals surface area contributed by atoms with Gasteiger partial charge in [-0.25, -0.2) is 0 Å². The number of amides is 1. The number of nitrogens with one attached hydrogen (secondary N) is 1. The quantitative estimate of drug-likeness (QED) is 0.907. The number of hydrogen-bond donors (Lipinski definition) is 1. The molecule has 0 radical (unpaired) electrons. The van der Waals surface area contributed by atoms with Crippen molar-refractivity contribution in [3.05, 3.63) is 29.3 Å². The van der Waals surface area contributed by atoms with Crippen molar-refractivity contribution in [1.82, 2.24) is 9.80 Å². The smallest absolute Gasteiger partial charge is 0.245 e. The number of piperidine rings is 1. The summed E-state index contributed by atoms with van der Waals surface area (Å²) >= 11 is 0. The predicted octanol–water partition coefficient (Wildman–Crippen LogP) is 2.03. The van der Waals surface area contributed by atoms with E-state index in [0.29, 0.717) is 6.04 Å². The number of fused-ring (bicyclic) bond motifs is 1. The van der Waals surface area contributed by atoms with Crippen LogP contribution in [0.2, 0.25) is 0 Å². The fraction of sp³-hybridized carbons (Fsp3) is 0.611. The third-order valence-corrected chi connectivity index (χ3v) is 5.39. The SMILES string of the molecule is Cc1ccc2c(c1)C[C@H](C(=O)N1CC(N3CCCCC3)C1)N2. The normalized spacial score (nSPS) is 25.5. The average Bonchev–Trinajstić information content (AvgIpc) is 2.89. The van der Waals surface area contributed by atoms with Gasteiger partial charge in [-0.2, -0.15) is 0 Å². The van der Waals surface area contributed by atoms with Crippen molar-refractivity contribution < 1.29 is 4.79 Å². The summed E-state index contributed by atoms with van der Waals surface area (Å²) in [6.07, 6.45) is 4.85. The number of nitrogens with zero attached hydrogens (tertiary/aromatic N) is 2. The third kappa shape index (κ3) is 2.50. The molecule has 2 fully saturated rings. The second-order valence-corrected chi connectivity index (χ2v) is 7.06. The van der Waals surface area contributed by atoms with Crippen molar-refractivity contribution in [2.24, 2.45) is 0 Å². The van der Waals surface area contributed by atoms with E-state index >= 15 is 0 Å². The van der Waals surface area contributed by atoms with E-state index in [4.69, 9.17) is 0 Å². The molecule has 3 heterocycles. The number of carbonyl (C=O) groups excluding carboxylic acids is 1. The molecule has 1 N–H and O–H groups in total. The number of rotatable bonds is 2. The van der Waals surface area contributed by atoms with Crippen LogP contribution in [-0.4, -0.2) is 54.0 Å². The maximum Gasteiger partial charge on any atom is 0.245 e. The molecule has 4 rings (SSSR count). The monoisotopic (exact) mass is 299 g/mol. The van der Waals surface area contributed by atoms with E-state index in [1.165, 1.54) is 43.5 Å². The van der Waals surface area contributed by atoms with Crippen LogP contribution < -0.4 is 5.32 Å². The van der Waals surface area contributed by atoms with Gasteiger partial charge in [-0.1, -0.05) is 24.1 Å². The van der Waals surface area contributed by atoms with E-state index in [9.17, 15) is 4.79 Å². The van der Waals surface area contributed by atoms with Crippen LogP contribution in [0.3, 0.4) is 0 Å². The van der Waals surface area contributed by atoms with Gasteiger partial charge in [-0.05, 0) is 44.5 Å². The van der Waals surface area contributed by atoms with Gasteiger partial charge in [-0.3, -0.25) is 9.69 Å². The van der Waals surface area contributed by atoms with Gasteiger partial charge in [-0.15, -0.1) is 0 Å². The summed E-state index contributed by atoms with van der Waals surface area (Å²) in [5, 5.41) is 3.40. The molecule has 4 nitrogen and oxygen atoms in total. The molecule has 2 saturated heterocycles. The zero-order valence-corrected chi connectivity index (χ0v) is 13.3. The summed E-state index contributed by atoms with van der Waals surface area (Å²) in [6, 6.07) is 6.95. The Labute approximate surface area is 132 Å². The molecule has 4 heteroatoms. The summed E-state index contributed by atoms with van der Waals surface area (Å²) in [5.41, 5.74) is 3.69. The molecule has 22 heavy (non-hydrogen) atoms. The molecular formula is C18H25N3O.